The SMILES string of the molecule is O=C(NO)c1ccc2oc(-c3ccc(-c4ccccc4)cc3F)nc2c1. The number of halogens is 1. The summed E-state index contributed by atoms with van der Waals surface area (Å²) in [6, 6.07) is 18.8. The summed E-state index contributed by atoms with van der Waals surface area (Å²) in [5.41, 5.74) is 4.49. The standard InChI is InChI=1S/C20H13FN2O3/c21-16-10-13(12-4-2-1-3-5-12)6-8-15(16)20-22-17-11-14(19(24)23-25)7-9-18(17)26-20/h1-11,25H,(H,23,24). The van der Waals surface area contributed by atoms with Crippen molar-refractivity contribution in [1.82, 2.24) is 10.5 Å². The summed E-state index contributed by atoms with van der Waals surface area (Å²) in [7, 11) is 0. The van der Waals surface area contributed by atoms with Crippen LogP contribution in [-0.2, 0) is 0 Å². The van der Waals surface area contributed by atoms with Crippen LogP contribution in [0.1, 0.15) is 10.4 Å². The van der Waals surface area contributed by atoms with Crippen LogP contribution >= 0.6 is 0 Å². The van der Waals surface area contributed by atoms with E-state index in [1.54, 1.807) is 23.7 Å². The minimum absolute atomic E-state index is 0.124. The molecule has 2 N–H and O–H groups in total. The molecule has 0 spiro atoms. The van der Waals surface area contributed by atoms with Gasteiger partial charge in [0.1, 0.15) is 11.3 Å². The van der Waals surface area contributed by atoms with Gasteiger partial charge in [-0.1, -0.05) is 36.4 Å². The molecule has 6 heteroatoms. The molecule has 0 aliphatic rings. The van der Waals surface area contributed by atoms with Crippen molar-refractivity contribution in [3.63, 3.8) is 0 Å². The van der Waals surface area contributed by atoms with Crippen LogP contribution < -0.4 is 5.48 Å². The number of hydroxylamine groups is 1. The Morgan fingerprint density at radius 3 is 2.54 bits per heavy atom. The molecule has 0 aliphatic carbocycles. The molecule has 0 saturated carbocycles. The maximum absolute atomic E-state index is 14.6. The summed E-state index contributed by atoms with van der Waals surface area (Å²) in [4.78, 5) is 15.7. The summed E-state index contributed by atoms with van der Waals surface area (Å²) in [5, 5.41) is 8.71. The van der Waals surface area contributed by atoms with Crippen LogP contribution in [0.3, 0.4) is 0 Å². The lowest BCUT2D eigenvalue weighted by Crippen LogP contribution is -2.18. The first-order valence-electron chi connectivity index (χ1n) is 7.86. The van der Waals surface area contributed by atoms with Gasteiger partial charge < -0.3 is 4.42 Å². The van der Waals surface area contributed by atoms with E-state index in [9.17, 15) is 9.18 Å². The number of carbonyl (C=O) groups is 1. The van der Waals surface area contributed by atoms with Gasteiger partial charge >= 0.3 is 0 Å². The number of nitrogens with zero attached hydrogens (tertiary/aromatic N) is 1. The van der Waals surface area contributed by atoms with Gasteiger partial charge in [-0.05, 0) is 41.5 Å². The zero-order valence-corrected chi connectivity index (χ0v) is 13.4. The van der Waals surface area contributed by atoms with E-state index in [-0.39, 0.29) is 17.0 Å². The molecule has 0 atom stereocenters. The maximum Gasteiger partial charge on any atom is 0.274 e. The fourth-order valence-corrected chi connectivity index (χ4v) is 2.75. The highest BCUT2D eigenvalue weighted by Crippen LogP contribution is 2.30. The largest absolute Gasteiger partial charge is 0.436 e. The van der Waals surface area contributed by atoms with Crippen molar-refractivity contribution in [2.75, 3.05) is 0 Å². The van der Waals surface area contributed by atoms with Gasteiger partial charge in [-0.25, -0.2) is 14.9 Å². The van der Waals surface area contributed by atoms with E-state index in [0.29, 0.717) is 11.1 Å². The second-order valence-electron chi connectivity index (χ2n) is 5.70. The molecule has 0 bridgehead atoms. The molecule has 0 aliphatic heterocycles. The van der Waals surface area contributed by atoms with E-state index in [4.69, 9.17) is 9.62 Å². The Bertz CT molecular complexity index is 1110. The van der Waals surface area contributed by atoms with Crippen LogP contribution in [0.25, 0.3) is 33.7 Å². The van der Waals surface area contributed by atoms with Gasteiger partial charge in [0, 0.05) is 5.56 Å². The number of benzene rings is 3. The average Bonchev–Trinajstić information content (AvgIpc) is 3.10. The van der Waals surface area contributed by atoms with Crippen LogP contribution in [0.15, 0.2) is 71.1 Å². The molecular formula is C20H13FN2O3. The van der Waals surface area contributed by atoms with E-state index in [0.717, 1.165) is 11.1 Å². The number of fused-ring (bicyclic) bond motifs is 1. The minimum atomic E-state index is -0.658. The molecule has 128 valence electrons. The second-order valence-corrected chi connectivity index (χ2v) is 5.70. The van der Waals surface area contributed by atoms with Gasteiger partial charge in [0.05, 0.1) is 5.56 Å². The van der Waals surface area contributed by atoms with Crippen molar-refractivity contribution in [2.24, 2.45) is 0 Å². The number of rotatable bonds is 3. The summed E-state index contributed by atoms with van der Waals surface area (Å²) in [5.74, 6) is -0.986. The number of hydrogen-bond acceptors (Lipinski definition) is 4. The predicted molar refractivity (Wildman–Crippen MR) is 94.1 cm³/mol. The van der Waals surface area contributed by atoms with Crippen molar-refractivity contribution in [3.8, 4) is 22.6 Å². The molecule has 4 aromatic rings. The lowest BCUT2D eigenvalue weighted by atomic mass is 10.0. The van der Waals surface area contributed by atoms with Crippen LogP contribution in [0.4, 0.5) is 4.39 Å². The molecule has 3 aromatic carbocycles. The number of amides is 1. The van der Waals surface area contributed by atoms with E-state index in [1.807, 2.05) is 30.3 Å². The normalized spacial score (nSPS) is 10.8. The average molecular weight is 348 g/mol. The first-order chi connectivity index (χ1) is 12.7. The van der Waals surface area contributed by atoms with Crippen LogP contribution in [0, 0.1) is 5.82 Å². The summed E-state index contributed by atoms with van der Waals surface area (Å²) in [6.45, 7) is 0. The number of aromatic nitrogens is 1. The number of hydrogen-bond donors (Lipinski definition) is 2. The monoisotopic (exact) mass is 348 g/mol. The first-order valence-corrected chi connectivity index (χ1v) is 7.86. The van der Waals surface area contributed by atoms with Crippen molar-refractivity contribution in [1.29, 1.82) is 0 Å². The first kappa shape index (κ1) is 16.0. The Labute approximate surface area is 147 Å². The molecular weight excluding hydrogens is 335 g/mol. The van der Waals surface area contributed by atoms with Crippen molar-refractivity contribution >= 4 is 17.0 Å². The van der Waals surface area contributed by atoms with E-state index >= 15 is 0 Å². The molecule has 26 heavy (non-hydrogen) atoms. The second kappa shape index (κ2) is 6.42. The van der Waals surface area contributed by atoms with E-state index < -0.39 is 11.7 Å². The Hall–Kier alpha value is -3.51. The number of oxazole rings is 1. The Morgan fingerprint density at radius 1 is 1.00 bits per heavy atom. The van der Waals surface area contributed by atoms with Crippen molar-refractivity contribution in [3.05, 3.63) is 78.1 Å². The van der Waals surface area contributed by atoms with Crippen LogP contribution in [0.5, 0.6) is 0 Å². The predicted octanol–water partition coefficient (Wildman–Crippen LogP) is 4.42. The number of nitrogens with one attached hydrogen (secondary N) is 1. The highest BCUT2D eigenvalue weighted by molar-refractivity contribution is 5.96. The molecule has 1 aromatic heterocycles. The smallest absolute Gasteiger partial charge is 0.274 e. The highest BCUT2D eigenvalue weighted by Gasteiger charge is 2.15. The Kier molecular flexibility index (Phi) is 3.95. The van der Waals surface area contributed by atoms with Gasteiger partial charge in [-0.2, -0.15) is 0 Å². The molecule has 0 fully saturated rings. The van der Waals surface area contributed by atoms with E-state index in [1.165, 1.54) is 18.2 Å². The summed E-state index contributed by atoms with van der Waals surface area (Å²) in [6.07, 6.45) is 0. The number of carbonyl (C=O) groups excluding carboxylic acids is 1. The minimum Gasteiger partial charge on any atom is -0.436 e. The lowest BCUT2D eigenvalue weighted by molar-refractivity contribution is 0.0706. The van der Waals surface area contributed by atoms with Crippen molar-refractivity contribution in [2.45, 2.75) is 0 Å². The molecule has 0 radical (unpaired) electrons. The molecule has 1 heterocycles. The fourth-order valence-electron chi connectivity index (χ4n) is 2.75. The van der Waals surface area contributed by atoms with Gasteiger partial charge in [0.15, 0.2) is 5.58 Å². The Morgan fingerprint density at radius 2 is 1.81 bits per heavy atom. The summed E-state index contributed by atoms with van der Waals surface area (Å²) >= 11 is 0. The van der Waals surface area contributed by atoms with Gasteiger partial charge in [-0.3, -0.25) is 10.0 Å². The van der Waals surface area contributed by atoms with Gasteiger partial charge in [-0.15, -0.1) is 0 Å². The quantitative estimate of drug-likeness (QED) is 0.424. The third kappa shape index (κ3) is 2.82. The summed E-state index contributed by atoms with van der Waals surface area (Å²) < 4.78 is 20.2. The van der Waals surface area contributed by atoms with Crippen molar-refractivity contribution < 1.29 is 18.8 Å². The molecule has 1 amide bonds. The molecule has 5 nitrogen and oxygen atoms in total. The highest BCUT2D eigenvalue weighted by atomic mass is 19.1. The molecule has 4 rings (SSSR count). The fraction of sp³-hybridized carbons (Fsp3) is 0. The third-order valence-corrected chi connectivity index (χ3v) is 4.06. The third-order valence-electron chi connectivity index (χ3n) is 4.06. The molecule has 0 unspecified atom stereocenters. The van der Waals surface area contributed by atoms with E-state index in [2.05, 4.69) is 4.98 Å². The van der Waals surface area contributed by atoms with Gasteiger partial charge in [0.25, 0.3) is 5.91 Å². The van der Waals surface area contributed by atoms with Crippen LogP contribution in [0.2, 0.25) is 0 Å². The van der Waals surface area contributed by atoms with Crippen LogP contribution in [-0.4, -0.2) is 16.1 Å². The zero-order valence-electron chi connectivity index (χ0n) is 13.4. The lowest BCUT2D eigenvalue weighted by Gasteiger charge is -2.04. The zero-order chi connectivity index (χ0) is 18.1. The Balaban J connectivity index is 1.74. The maximum atomic E-state index is 14.6. The topological polar surface area (TPSA) is 75.4 Å². The molecule has 0 saturated heterocycles. The van der Waals surface area contributed by atoms with Gasteiger partial charge in [0.2, 0.25) is 5.89 Å².